The van der Waals surface area contributed by atoms with E-state index in [1.54, 1.807) is 13.2 Å². The number of nitrogens with zero attached hydrogens (tertiary/aromatic N) is 4. The number of aromatic nitrogens is 5. The Labute approximate surface area is 92.1 Å². The molecule has 3 N–H and O–H groups in total. The van der Waals surface area contributed by atoms with E-state index in [9.17, 15) is 0 Å². The van der Waals surface area contributed by atoms with Gasteiger partial charge < -0.3 is 10.5 Å². The molecule has 2 aromatic heterocycles. The molecule has 0 aromatic carbocycles. The average Bonchev–Trinajstić information content (AvgIpc) is 2.78. The van der Waals surface area contributed by atoms with Crippen LogP contribution in [0.15, 0.2) is 12.4 Å². The summed E-state index contributed by atoms with van der Waals surface area (Å²) in [7, 11) is 1.55. The fourth-order valence-corrected chi connectivity index (χ4v) is 1.23. The second-order valence-electron chi connectivity index (χ2n) is 3.09. The van der Waals surface area contributed by atoms with Crippen LogP contribution in [0.25, 0.3) is 11.5 Å². The van der Waals surface area contributed by atoms with Crippen LogP contribution in [0.3, 0.4) is 0 Å². The number of nitrogens with one attached hydrogen (secondary N) is 1. The van der Waals surface area contributed by atoms with E-state index < -0.39 is 0 Å². The van der Waals surface area contributed by atoms with Crippen LogP contribution < -0.4 is 10.5 Å². The molecule has 0 bridgehead atoms. The van der Waals surface area contributed by atoms with E-state index in [0.717, 1.165) is 5.82 Å². The molecule has 84 valence electrons. The summed E-state index contributed by atoms with van der Waals surface area (Å²) in [5, 5.41) is 6.84. The van der Waals surface area contributed by atoms with Crippen molar-refractivity contribution in [1.82, 2.24) is 25.1 Å². The lowest BCUT2D eigenvalue weighted by Gasteiger charge is -1.98. The molecule has 0 saturated carbocycles. The first-order chi connectivity index (χ1) is 7.83. The van der Waals surface area contributed by atoms with Gasteiger partial charge in [-0.05, 0) is 6.54 Å². The lowest BCUT2D eigenvalue weighted by atomic mass is 10.4. The summed E-state index contributed by atoms with van der Waals surface area (Å²) in [6.07, 6.45) is 2.07. The Bertz CT molecular complexity index is 469. The minimum atomic E-state index is 0.482. The highest BCUT2D eigenvalue weighted by Gasteiger charge is 2.08. The number of rotatable bonds is 4. The number of aromatic amines is 1. The van der Waals surface area contributed by atoms with Crippen molar-refractivity contribution >= 4 is 0 Å². The maximum atomic E-state index is 5.42. The minimum Gasteiger partial charge on any atom is -0.481 e. The lowest BCUT2D eigenvalue weighted by molar-refractivity contribution is 0.397. The number of hydrogen-bond acceptors (Lipinski definition) is 6. The van der Waals surface area contributed by atoms with Gasteiger partial charge in [0.2, 0.25) is 5.88 Å². The zero-order valence-corrected chi connectivity index (χ0v) is 8.84. The highest BCUT2D eigenvalue weighted by molar-refractivity contribution is 5.49. The van der Waals surface area contributed by atoms with Gasteiger partial charge in [-0.25, -0.2) is 15.0 Å². The van der Waals surface area contributed by atoms with Gasteiger partial charge in [-0.2, -0.15) is 5.10 Å². The molecule has 2 aromatic rings. The van der Waals surface area contributed by atoms with Gasteiger partial charge in [0.05, 0.1) is 7.11 Å². The zero-order valence-electron chi connectivity index (χ0n) is 8.84. The normalized spacial score (nSPS) is 10.4. The first-order valence-corrected chi connectivity index (χ1v) is 4.81. The number of ether oxygens (including phenoxy) is 1. The molecule has 0 saturated heterocycles. The van der Waals surface area contributed by atoms with Crippen LogP contribution in [0.1, 0.15) is 5.82 Å². The summed E-state index contributed by atoms with van der Waals surface area (Å²) in [5.41, 5.74) is 6.04. The largest absolute Gasteiger partial charge is 0.481 e. The summed E-state index contributed by atoms with van der Waals surface area (Å²) >= 11 is 0. The van der Waals surface area contributed by atoms with Crippen molar-refractivity contribution < 1.29 is 4.74 Å². The predicted molar refractivity (Wildman–Crippen MR) is 56.7 cm³/mol. The molecule has 16 heavy (non-hydrogen) atoms. The van der Waals surface area contributed by atoms with Gasteiger partial charge in [0.15, 0.2) is 5.82 Å². The Morgan fingerprint density at radius 3 is 3.06 bits per heavy atom. The molecule has 0 radical (unpaired) electrons. The number of hydrogen-bond donors (Lipinski definition) is 2. The number of methoxy groups -OCH3 is 1. The summed E-state index contributed by atoms with van der Waals surface area (Å²) in [6, 6.07) is 1.68. The van der Waals surface area contributed by atoms with Gasteiger partial charge in [-0.15, -0.1) is 0 Å². The summed E-state index contributed by atoms with van der Waals surface area (Å²) in [5.74, 6) is 1.74. The Morgan fingerprint density at radius 2 is 2.31 bits per heavy atom. The second-order valence-corrected chi connectivity index (χ2v) is 3.09. The molecule has 7 heteroatoms. The van der Waals surface area contributed by atoms with Crippen LogP contribution in [-0.2, 0) is 6.42 Å². The molecule has 2 rings (SSSR count). The Balaban J connectivity index is 2.27. The van der Waals surface area contributed by atoms with Gasteiger partial charge in [-0.1, -0.05) is 0 Å². The van der Waals surface area contributed by atoms with Gasteiger partial charge in [0, 0.05) is 12.5 Å². The number of nitrogens with two attached hydrogens (primary N) is 1. The third-order valence-corrected chi connectivity index (χ3v) is 1.99. The highest BCUT2D eigenvalue weighted by atomic mass is 16.5. The lowest BCUT2D eigenvalue weighted by Crippen LogP contribution is -2.03. The molecule has 0 spiro atoms. The van der Waals surface area contributed by atoms with E-state index in [1.807, 2.05) is 0 Å². The van der Waals surface area contributed by atoms with Crippen LogP contribution in [0, 0.1) is 0 Å². The molecule has 0 aliphatic rings. The van der Waals surface area contributed by atoms with E-state index in [0.29, 0.717) is 30.4 Å². The second kappa shape index (κ2) is 4.67. The smallest absolute Gasteiger partial charge is 0.216 e. The topological polar surface area (TPSA) is 103 Å². The van der Waals surface area contributed by atoms with Gasteiger partial charge in [0.25, 0.3) is 0 Å². The molecule has 0 atom stereocenters. The third kappa shape index (κ3) is 2.14. The van der Waals surface area contributed by atoms with Crippen LogP contribution in [0.5, 0.6) is 5.88 Å². The van der Waals surface area contributed by atoms with Crippen molar-refractivity contribution in [2.24, 2.45) is 5.73 Å². The van der Waals surface area contributed by atoms with Crippen molar-refractivity contribution in [3.63, 3.8) is 0 Å². The number of H-pyrrole nitrogens is 1. The fourth-order valence-electron chi connectivity index (χ4n) is 1.23. The summed E-state index contributed by atoms with van der Waals surface area (Å²) < 4.78 is 4.99. The van der Waals surface area contributed by atoms with Crippen LogP contribution in [-0.4, -0.2) is 38.8 Å². The van der Waals surface area contributed by atoms with Crippen molar-refractivity contribution in [3.05, 3.63) is 18.2 Å². The van der Waals surface area contributed by atoms with E-state index in [-0.39, 0.29) is 0 Å². The van der Waals surface area contributed by atoms with E-state index >= 15 is 0 Å². The van der Waals surface area contributed by atoms with Crippen molar-refractivity contribution in [3.8, 4) is 17.4 Å². The molecule has 0 fully saturated rings. The van der Waals surface area contributed by atoms with Crippen LogP contribution in [0.2, 0.25) is 0 Å². The zero-order chi connectivity index (χ0) is 11.4. The molecule has 7 nitrogen and oxygen atoms in total. The minimum absolute atomic E-state index is 0.482. The predicted octanol–water partition coefficient (Wildman–Crippen LogP) is -0.229. The Hall–Kier alpha value is -2.02. The Kier molecular flexibility index (Phi) is 3.06. The molecular weight excluding hydrogens is 208 g/mol. The monoisotopic (exact) mass is 220 g/mol. The summed E-state index contributed by atoms with van der Waals surface area (Å²) in [6.45, 7) is 0.529. The van der Waals surface area contributed by atoms with Crippen molar-refractivity contribution in [2.75, 3.05) is 13.7 Å². The van der Waals surface area contributed by atoms with Gasteiger partial charge in [0.1, 0.15) is 17.8 Å². The average molecular weight is 220 g/mol. The summed E-state index contributed by atoms with van der Waals surface area (Å²) in [4.78, 5) is 12.2. The molecule has 0 unspecified atom stereocenters. The maximum Gasteiger partial charge on any atom is 0.216 e. The van der Waals surface area contributed by atoms with Crippen molar-refractivity contribution in [1.29, 1.82) is 0 Å². The highest BCUT2D eigenvalue weighted by Crippen LogP contribution is 2.15. The SMILES string of the molecule is COc1cc(-c2n[nH]c(CCN)n2)ncn1. The van der Waals surface area contributed by atoms with E-state index in [4.69, 9.17) is 10.5 Å². The van der Waals surface area contributed by atoms with Crippen LogP contribution in [0.4, 0.5) is 0 Å². The maximum absolute atomic E-state index is 5.42. The molecule has 0 aliphatic carbocycles. The van der Waals surface area contributed by atoms with Gasteiger partial charge >= 0.3 is 0 Å². The van der Waals surface area contributed by atoms with Crippen LogP contribution >= 0.6 is 0 Å². The van der Waals surface area contributed by atoms with Crippen molar-refractivity contribution in [2.45, 2.75) is 6.42 Å². The first kappa shape index (κ1) is 10.5. The quantitative estimate of drug-likeness (QED) is 0.737. The molecule has 0 aliphatic heterocycles. The van der Waals surface area contributed by atoms with E-state index in [1.165, 1.54) is 6.33 Å². The molecular formula is C9H12N6O. The van der Waals surface area contributed by atoms with Gasteiger partial charge in [-0.3, -0.25) is 5.10 Å². The van der Waals surface area contributed by atoms with E-state index in [2.05, 4.69) is 25.1 Å². The Morgan fingerprint density at radius 1 is 1.44 bits per heavy atom. The first-order valence-electron chi connectivity index (χ1n) is 4.81. The molecule has 0 amide bonds. The fraction of sp³-hybridized carbons (Fsp3) is 0.333. The molecule has 2 heterocycles. The third-order valence-electron chi connectivity index (χ3n) is 1.99. The standard InChI is InChI=1S/C9H12N6O/c1-16-8-4-6(11-5-12-8)9-13-7(2-3-10)14-15-9/h4-5H,2-3,10H2,1H3,(H,13,14,15).